The minimum Gasteiger partial charge on any atom is -0.391 e. The molecule has 28 heavy (non-hydrogen) atoms. The highest BCUT2D eigenvalue weighted by atomic mass is 35.5. The van der Waals surface area contributed by atoms with Gasteiger partial charge in [-0.3, -0.25) is 0 Å². The van der Waals surface area contributed by atoms with Crippen LogP contribution in [0.2, 0.25) is 5.02 Å². The molecule has 5 heteroatoms. The Labute approximate surface area is 169 Å². The van der Waals surface area contributed by atoms with E-state index in [4.69, 9.17) is 16.4 Å². The Bertz CT molecular complexity index is 1010. The molecule has 4 rings (SSSR count). The first-order valence-electron chi connectivity index (χ1n) is 9.13. The lowest BCUT2D eigenvalue weighted by molar-refractivity contribution is 0.130. The highest BCUT2D eigenvalue weighted by molar-refractivity contribution is 6.31. The van der Waals surface area contributed by atoms with Crippen LogP contribution in [0.25, 0.3) is 0 Å². The molecule has 0 spiro atoms. The lowest BCUT2D eigenvalue weighted by Crippen LogP contribution is -2.14. The van der Waals surface area contributed by atoms with Gasteiger partial charge >= 0.3 is 0 Å². The summed E-state index contributed by atoms with van der Waals surface area (Å²) in [5.74, 6) is -0.366. The zero-order chi connectivity index (χ0) is 19.5. The maximum absolute atomic E-state index is 13.1. The molecule has 0 aliphatic carbocycles. The number of anilines is 1. The third-order valence-corrected chi connectivity index (χ3v) is 5.26. The summed E-state index contributed by atoms with van der Waals surface area (Å²) >= 11 is 6.02. The van der Waals surface area contributed by atoms with Crippen molar-refractivity contribution < 1.29 is 9.23 Å². The predicted octanol–water partition coefficient (Wildman–Crippen LogP) is 5.94. The molecule has 3 aromatic carbocycles. The highest BCUT2D eigenvalue weighted by Crippen LogP contribution is 2.28. The van der Waals surface area contributed by atoms with E-state index < -0.39 is 0 Å². The lowest BCUT2D eigenvalue weighted by atomic mass is 10.1. The van der Waals surface area contributed by atoms with Gasteiger partial charge in [-0.25, -0.2) is 4.39 Å². The molecule has 0 fully saturated rings. The number of nitrogens with zero attached hydrogens (tertiary/aromatic N) is 2. The van der Waals surface area contributed by atoms with Gasteiger partial charge in [0.2, 0.25) is 0 Å². The summed E-state index contributed by atoms with van der Waals surface area (Å²) in [6.07, 6.45) is 0. The average Bonchev–Trinajstić information content (AvgIpc) is 3.14. The summed E-state index contributed by atoms with van der Waals surface area (Å²) in [7, 11) is 0. The molecule has 1 heterocycles. The Hall–Kier alpha value is -2.85. The van der Waals surface area contributed by atoms with Gasteiger partial charge in [-0.05, 0) is 42.3 Å². The number of hydrogen-bond donors (Lipinski definition) is 0. The van der Waals surface area contributed by atoms with Crippen molar-refractivity contribution in [1.29, 1.82) is 0 Å². The number of oxime groups is 1. The van der Waals surface area contributed by atoms with Crippen LogP contribution in [0, 0.1) is 5.82 Å². The molecule has 142 valence electrons. The van der Waals surface area contributed by atoms with Crippen LogP contribution in [0.1, 0.15) is 29.2 Å². The molecule has 3 aromatic rings. The van der Waals surface area contributed by atoms with Crippen LogP contribution in [-0.4, -0.2) is 5.71 Å². The fourth-order valence-electron chi connectivity index (χ4n) is 3.33. The Morgan fingerprint density at radius 2 is 1.79 bits per heavy atom. The van der Waals surface area contributed by atoms with E-state index in [0.717, 1.165) is 30.1 Å². The summed E-state index contributed by atoms with van der Waals surface area (Å²) in [5.41, 5.74) is 6.37. The largest absolute Gasteiger partial charge is 0.391 e. The molecule has 0 amide bonds. The van der Waals surface area contributed by atoms with E-state index in [1.54, 1.807) is 6.07 Å². The van der Waals surface area contributed by atoms with Crippen molar-refractivity contribution in [3.05, 3.63) is 99.8 Å². The van der Waals surface area contributed by atoms with Crippen LogP contribution < -0.4 is 4.90 Å². The van der Waals surface area contributed by atoms with Gasteiger partial charge in [-0.15, -0.1) is 0 Å². The summed E-state index contributed by atoms with van der Waals surface area (Å²) < 4.78 is 13.1. The third kappa shape index (κ3) is 4.02. The number of benzene rings is 3. The molecule has 3 nitrogen and oxygen atoms in total. The molecule has 0 unspecified atom stereocenters. The van der Waals surface area contributed by atoms with Crippen molar-refractivity contribution >= 4 is 23.0 Å². The van der Waals surface area contributed by atoms with Gasteiger partial charge in [0.15, 0.2) is 0 Å². The first-order chi connectivity index (χ1) is 13.6. The summed E-state index contributed by atoms with van der Waals surface area (Å²) in [5, 5.41) is 4.54. The molecular weight excluding hydrogens is 375 g/mol. The van der Waals surface area contributed by atoms with Gasteiger partial charge in [0.25, 0.3) is 0 Å². The fourth-order valence-corrected chi connectivity index (χ4v) is 3.56. The predicted molar refractivity (Wildman–Crippen MR) is 111 cm³/mol. The molecule has 0 bridgehead atoms. The standard InChI is InChI=1S/C23H20ClFN2O/c1-16(26-28-15-20-9-10-21(25)12-23(20)24)17-7-4-8-22(11-17)27-13-18-5-2-3-6-19(18)14-27/h2-12H,13-15H2,1H3/b26-16+. The van der Waals surface area contributed by atoms with Gasteiger partial charge in [0, 0.05) is 29.9 Å². The van der Waals surface area contributed by atoms with Gasteiger partial charge in [0.1, 0.15) is 12.4 Å². The monoisotopic (exact) mass is 394 g/mol. The second-order valence-corrected chi connectivity index (χ2v) is 7.27. The molecule has 0 saturated carbocycles. The van der Waals surface area contributed by atoms with E-state index in [1.165, 1.54) is 23.3 Å². The van der Waals surface area contributed by atoms with Crippen molar-refractivity contribution in [3.63, 3.8) is 0 Å². The van der Waals surface area contributed by atoms with E-state index in [2.05, 4.69) is 46.5 Å². The molecule has 0 saturated heterocycles. The second kappa shape index (κ2) is 8.03. The minimum atomic E-state index is -0.366. The maximum Gasteiger partial charge on any atom is 0.143 e. The summed E-state index contributed by atoms with van der Waals surface area (Å²) in [6.45, 7) is 3.92. The van der Waals surface area contributed by atoms with Crippen molar-refractivity contribution in [1.82, 2.24) is 0 Å². The van der Waals surface area contributed by atoms with Gasteiger partial charge in [-0.2, -0.15) is 0 Å². The van der Waals surface area contributed by atoms with Crippen molar-refractivity contribution in [2.45, 2.75) is 26.6 Å². The SMILES string of the molecule is C/C(=N\OCc1ccc(F)cc1Cl)c1cccc(N2Cc3ccccc3C2)c1. The number of hydrogen-bond acceptors (Lipinski definition) is 3. The molecule has 1 aliphatic heterocycles. The van der Waals surface area contributed by atoms with Gasteiger partial charge in [-0.1, -0.05) is 59.2 Å². The van der Waals surface area contributed by atoms with Crippen LogP contribution >= 0.6 is 11.6 Å². The fraction of sp³-hybridized carbons (Fsp3) is 0.174. The molecule has 0 N–H and O–H groups in total. The minimum absolute atomic E-state index is 0.192. The van der Waals surface area contributed by atoms with Crippen LogP contribution in [-0.2, 0) is 24.5 Å². The maximum atomic E-state index is 13.1. The number of rotatable bonds is 5. The Morgan fingerprint density at radius 1 is 1.04 bits per heavy atom. The molecule has 0 atom stereocenters. The van der Waals surface area contributed by atoms with Crippen molar-refractivity contribution in [3.8, 4) is 0 Å². The number of halogens is 2. The van der Waals surface area contributed by atoms with E-state index in [0.29, 0.717) is 10.6 Å². The van der Waals surface area contributed by atoms with E-state index in [1.807, 2.05) is 19.1 Å². The zero-order valence-corrected chi connectivity index (χ0v) is 16.3. The first-order valence-corrected chi connectivity index (χ1v) is 9.50. The zero-order valence-electron chi connectivity index (χ0n) is 15.5. The Kier molecular flexibility index (Phi) is 5.31. The van der Waals surface area contributed by atoms with E-state index in [9.17, 15) is 4.39 Å². The summed E-state index contributed by atoms with van der Waals surface area (Å²) in [6, 6.07) is 21.0. The van der Waals surface area contributed by atoms with E-state index >= 15 is 0 Å². The van der Waals surface area contributed by atoms with Gasteiger partial charge in [0.05, 0.1) is 10.7 Å². The normalized spacial score (nSPS) is 13.5. The van der Waals surface area contributed by atoms with Crippen LogP contribution in [0.5, 0.6) is 0 Å². The topological polar surface area (TPSA) is 24.8 Å². The molecule has 0 aromatic heterocycles. The lowest BCUT2D eigenvalue weighted by Gasteiger charge is -2.18. The molecule has 0 radical (unpaired) electrons. The van der Waals surface area contributed by atoms with Gasteiger partial charge < -0.3 is 9.74 Å². The Morgan fingerprint density at radius 3 is 2.50 bits per heavy atom. The van der Waals surface area contributed by atoms with E-state index in [-0.39, 0.29) is 12.4 Å². The first kappa shape index (κ1) is 18.5. The summed E-state index contributed by atoms with van der Waals surface area (Å²) in [4.78, 5) is 7.79. The smallest absolute Gasteiger partial charge is 0.143 e. The third-order valence-electron chi connectivity index (χ3n) is 4.91. The Balaban J connectivity index is 1.44. The number of fused-ring (bicyclic) bond motifs is 1. The van der Waals surface area contributed by atoms with Crippen molar-refractivity contribution in [2.24, 2.45) is 5.16 Å². The quantitative estimate of drug-likeness (QED) is 0.395. The van der Waals surface area contributed by atoms with Crippen molar-refractivity contribution in [2.75, 3.05) is 4.90 Å². The average molecular weight is 395 g/mol. The van der Waals surface area contributed by atoms with Crippen LogP contribution in [0.3, 0.4) is 0 Å². The molecular formula is C23H20ClFN2O. The molecule has 1 aliphatic rings. The van der Waals surface area contributed by atoms with Crippen LogP contribution in [0.15, 0.2) is 71.9 Å². The highest BCUT2D eigenvalue weighted by Gasteiger charge is 2.18. The second-order valence-electron chi connectivity index (χ2n) is 6.86. The van der Waals surface area contributed by atoms with Crippen LogP contribution in [0.4, 0.5) is 10.1 Å².